The van der Waals surface area contributed by atoms with E-state index in [1.54, 1.807) is 6.07 Å². The number of hydrogen-bond donors (Lipinski definition) is 1. The van der Waals surface area contributed by atoms with E-state index in [1.165, 1.54) is 0 Å². The highest BCUT2D eigenvalue weighted by molar-refractivity contribution is 9.10. The maximum absolute atomic E-state index is 8.86. The molecule has 0 aliphatic rings. The summed E-state index contributed by atoms with van der Waals surface area (Å²) in [7, 11) is 0. The van der Waals surface area contributed by atoms with Crippen molar-refractivity contribution in [3.05, 3.63) is 62.6 Å². The fraction of sp³-hybridized carbons (Fsp3) is 0.133. The average Bonchev–Trinajstić information content (AvgIpc) is 2.41. The Morgan fingerprint density at radius 1 is 1.32 bits per heavy atom. The molecular formula is C15H12BrClN2. The summed E-state index contributed by atoms with van der Waals surface area (Å²) in [6.07, 6.45) is 0. The summed E-state index contributed by atoms with van der Waals surface area (Å²) in [5.41, 5.74) is 3.70. The summed E-state index contributed by atoms with van der Waals surface area (Å²) in [6.45, 7) is 2.61. The minimum Gasteiger partial charge on any atom is -0.380 e. The SMILES string of the molecule is Cc1cc(Br)c(NCc2cccc(C#N)c2)cc1Cl. The lowest BCUT2D eigenvalue weighted by atomic mass is 10.1. The maximum Gasteiger partial charge on any atom is 0.0991 e. The highest BCUT2D eigenvalue weighted by Gasteiger charge is 2.04. The van der Waals surface area contributed by atoms with E-state index in [0.717, 1.165) is 26.3 Å². The third-order valence-corrected chi connectivity index (χ3v) is 3.85. The molecule has 0 saturated heterocycles. The third-order valence-electron chi connectivity index (χ3n) is 2.79. The molecule has 0 unspecified atom stereocenters. The highest BCUT2D eigenvalue weighted by Crippen LogP contribution is 2.29. The first-order chi connectivity index (χ1) is 9.10. The van der Waals surface area contributed by atoms with Crippen LogP contribution in [0.25, 0.3) is 0 Å². The first kappa shape index (κ1) is 13.9. The van der Waals surface area contributed by atoms with Gasteiger partial charge in [0, 0.05) is 16.0 Å². The molecule has 0 aromatic heterocycles. The number of hydrogen-bond acceptors (Lipinski definition) is 2. The van der Waals surface area contributed by atoms with Gasteiger partial charge in [-0.25, -0.2) is 0 Å². The van der Waals surface area contributed by atoms with E-state index in [1.807, 2.05) is 37.3 Å². The van der Waals surface area contributed by atoms with Crippen LogP contribution in [0, 0.1) is 18.3 Å². The second-order valence-electron chi connectivity index (χ2n) is 4.25. The summed E-state index contributed by atoms with van der Waals surface area (Å²) < 4.78 is 0.978. The van der Waals surface area contributed by atoms with Gasteiger partial charge in [-0.1, -0.05) is 23.7 Å². The zero-order valence-electron chi connectivity index (χ0n) is 10.4. The van der Waals surface area contributed by atoms with Gasteiger partial charge >= 0.3 is 0 Å². The largest absolute Gasteiger partial charge is 0.380 e. The topological polar surface area (TPSA) is 35.8 Å². The van der Waals surface area contributed by atoms with Crippen LogP contribution in [0.5, 0.6) is 0 Å². The van der Waals surface area contributed by atoms with Gasteiger partial charge in [-0.15, -0.1) is 0 Å². The van der Waals surface area contributed by atoms with E-state index in [4.69, 9.17) is 16.9 Å². The first-order valence-corrected chi connectivity index (χ1v) is 6.96. The minimum atomic E-state index is 0.646. The summed E-state index contributed by atoms with van der Waals surface area (Å²) in [5.74, 6) is 0. The van der Waals surface area contributed by atoms with Crippen LogP contribution in [-0.2, 0) is 6.54 Å². The predicted molar refractivity (Wildman–Crippen MR) is 82.4 cm³/mol. The molecule has 0 radical (unpaired) electrons. The number of nitriles is 1. The van der Waals surface area contributed by atoms with Gasteiger partial charge in [0.25, 0.3) is 0 Å². The Bertz CT molecular complexity index is 647. The molecule has 1 N–H and O–H groups in total. The van der Waals surface area contributed by atoms with E-state index in [0.29, 0.717) is 12.1 Å². The molecule has 0 atom stereocenters. The highest BCUT2D eigenvalue weighted by atomic mass is 79.9. The summed E-state index contributed by atoms with van der Waals surface area (Å²) in [5, 5.41) is 12.9. The predicted octanol–water partition coefficient (Wildman–Crippen LogP) is 4.89. The molecule has 96 valence electrons. The number of halogens is 2. The number of rotatable bonds is 3. The van der Waals surface area contributed by atoms with Crippen LogP contribution in [-0.4, -0.2) is 0 Å². The molecule has 0 aliphatic carbocycles. The van der Waals surface area contributed by atoms with Crippen molar-refractivity contribution in [2.24, 2.45) is 0 Å². The van der Waals surface area contributed by atoms with E-state index in [-0.39, 0.29) is 0 Å². The molecule has 0 heterocycles. The number of anilines is 1. The van der Waals surface area contributed by atoms with Crippen molar-refractivity contribution >= 4 is 33.2 Å². The average molecular weight is 336 g/mol. The lowest BCUT2D eigenvalue weighted by Crippen LogP contribution is -2.00. The van der Waals surface area contributed by atoms with Crippen molar-refractivity contribution in [3.8, 4) is 6.07 Å². The number of nitrogens with zero attached hydrogens (tertiary/aromatic N) is 1. The summed E-state index contributed by atoms with van der Waals surface area (Å²) in [4.78, 5) is 0. The Hall–Kier alpha value is -1.50. The molecule has 0 spiro atoms. The Kier molecular flexibility index (Phi) is 4.47. The molecule has 19 heavy (non-hydrogen) atoms. The summed E-state index contributed by atoms with van der Waals surface area (Å²) in [6, 6.07) is 13.5. The van der Waals surface area contributed by atoms with E-state index >= 15 is 0 Å². The van der Waals surface area contributed by atoms with Crippen molar-refractivity contribution in [2.75, 3.05) is 5.32 Å². The second-order valence-corrected chi connectivity index (χ2v) is 5.51. The van der Waals surface area contributed by atoms with E-state index < -0.39 is 0 Å². The van der Waals surface area contributed by atoms with Gasteiger partial charge in [0.05, 0.1) is 17.3 Å². The van der Waals surface area contributed by atoms with Gasteiger partial charge in [-0.2, -0.15) is 5.26 Å². The molecule has 0 fully saturated rings. The molecule has 2 rings (SSSR count). The van der Waals surface area contributed by atoms with Crippen LogP contribution in [0.4, 0.5) is 5.69 Å². The fourth-order valence-corrected chi connectivity index (χ4v) is 2.49. The van der Waals surface area contributed by atoms with Crippen LogP contribution in [0.3, 0.4) is 0 Å². The Balaban J connectivity index is 2.14. The molecule has 2 aromatic carbocycles. The Morgan fingerprint density at radius 3 is 2.84 bits per heavy atom. The van der Waals surface area contributed by atoms with Crippen LogP contribution < -0.4 is 5.32 Å². The molecule has 4 heteroatoms. The van der Waals surface area contributed by atoms with Crippen molar-refractivity contribution in [3.63, 3.8) is 0 Å². The normalized spacial score (nSPS) is 10.0. The van der Waals surface area contributed by atoms with Gasteiger partial charge in [0.15, 0.2) is 0 Å². The van der Waals surface area contributed by atoms with E-state index in [2.05, 4.69) is 27.3 Å². The van der Waals surface area contributed by atoms with E-state index in [9.17, 15) is 0 Å². The van der Waals surface area contributed by atoms with Gasteiger partial charge in [0.2, 0.25) is 0 Å². The zero-order valence-corrected chi connectivity index (χ0v) is 12.7. The Morgan fingerprint density at radius 2 is 2.11 bits per heavy atom. The summed E-state index contributed by atoms with van der Waals surface area (Å²) >= 11 is 9.62. The standard InChI is InChI=1S/C15H12BrClN2/c1-10-5-13(16)15(7-14(10)17)19-9-12-4-2-3-11(6-12)8-18/h2-7,19H,9H2,1H3. The van der Waals surface area contributed by atoms with Crippen molar-refractivity contribution in [1.29, 1.82) is 5.26 Å². The molecule has 0 aliphatic heterocycles. The number of nitrogens with one attached hydrogen (secondary N) is 1. The fourth-order valence-electron chi connectivity index (χ4n) is 1.73. The van der Waals surface area contributed by atoms with Crippen LogP contribution >= 0.6 is 27.5 Å². The maximum atomic E-state index is 8.86. The molecular weight excluding hydrogens is 324 g/mol. The van der Waals surface area contributed by atoms with Gasteiger partial charge < -0.3 is 5.32 Å². The molecule has 0 bridgehead atoms. The van der Waals surface area contributed by atoms with Crippen LogP contribution in [0.2, 0.25) is 5.02 Å². The Labute approximate surface area is 126 Å². The molecule has 2 nitrogen and oxygen atoms in total. The van der Waals surface area contributed by atoms with Crippen molar-refractivity contribution < 1.29 is 0 Å². The first-order valence-electron chi connectivity index (χ1n) is 5.78. The number of aryl methyl sites for hydroxylation is 1. The zero-order chi connectivity index (χ0) is 13.8. The quantitative estimate of drug-likeness (QED) is 0.866. The smallest absolute Gasteiger partial charge is 0.0991 e. The lowest BCUT2D eigenvalue weighted by Gasteiger charge is -2.11. The molecule has 0 amide bonds. The van der Waals surface area contributed by atoms with Crippen LogP contribution in [0.1, 0.15) is 16.7 Å². The van der Waals surface area contributed by atoms with Crippen molar-refractivity contribution in [1.82, 2.24) is 0 Å². The monoisotopic (exact) mass is 334 g/mol. The molecule has 0 saturated carbocycles. The minimum absolute atomic E-state index is 0.646. The van der Waals surface area contributed by atoms with Crippen molar-refractivity contribution in [2.45, 2.75) is 13.5 Å². The second kappa shape index (κ2) is 6.10. The van der Waals surface area contributed by atoms with Gasteiger partial charge in [0.1, 0.15) is 0 Å². The lowest BCUT2D eigenvalue weighted by molar-refractivity contribution is 1.14. The number of benzene rings is 2. The third kappa shape index (κ3) is 3.50. The van der Waals surface area contributed by atoms with Crippen LogP contribution in [0.15, 0.2) is 40.9 Å². The van der Waals surface area contributed by atoms with Gasteiger partial charge in [-0.3, -0.25) is 0 Å². The van der Waals surface area contributed by atoms with Gasteiger partial charge in [-0.05, 0) is 58.2 Å². The molecule has 2 aromatic rings.